The molecule has 0 aliphatic heterocycles. The molecule has 0 saturated carbocycles. The second-order valence-electron chi connectivity index (χ2n) is 2.18. The lowest BCUT2D eigenvalue weighted by Gasteiger charge is -2.08. The number of alkyl halides is 1. The summed E-state index contributed by atoms with van der Waals surface area (Å²) in [4.78, 5) is 0. The maximum absolute atomic E-state index is 5.88. The Morgan fingerprint density at radius 1 is 1.36 bits per heavy atom. The zero-order valence-electron chi connectivity index (χ0n) is 6.46. The van der Waals surface area contributed by atoms with E-state index in [1.54, 1.807) is 0 Å². The van der Waals surface area contributed by atoms with Crippen LogP contribution in [0, 0.1) is 0 Å². The summed E-state index contributed by atoms with van der Waals surface area (Å²) in [6.07, 6.45) is 0. The molecule has 1 nitrogen and oxygen atoms in total. The largest absolute Gasteiger partial charge is 0.359 e. The highest BCUT2D eigenvalue weighted by Crippen LogP contribution is 2.20. The maximum Gasteiger partial charge on any atom is 0.156 e. The smallest absolute Gasteiger partial charge is 0.156 e. The third kappa shape index (κ3) is 2.52. The summed E-state index contributed by atoms with van der Waals surface area (Å²) in [6.45, 7) is 2.57. The van der Waals surface area contributed by atoms with E-state index in [9.17, 15) is 0 Å². The van der Waals surface area contributed by atoms with E-state index in [0.717, 1.165) is 5.56 Å². The molecule has 1 atom stereocenters. The summed E-state index contributed by atoms with van der Waals surface area (Å²) >= 11 is 5.88. The van der Waals surface area contributed by atoms with E-state index >= 15 is 0 Å². The Morgan fingerprint density at radius 2 is 2.00 bits per heavy atom. The quantitative estimate of drug-likeness (QED) is 0.634. The van der Waals surface area contributed by atoms with Gasteiger partial charge in [0.1, 0.15) is 0 Å². The van der Waals surface area contributed by atoms with E-state index in [4.69, 9.17) is 16.3 Å². The average molecular weight is 171 g/mol. The first kappa shape index (κ1) is 8.57. The SMILES string of the molecule is CCOC(Cl)c1ccccc1. The van der Waals surface area contributed by atoms with Crippen LogP contribution in [0.25, 0.3) is 0 Å². The van der Waals surface area contributed by atoms with Gasteiger partial charge < -0.3 is 4.74 Å². The summed E-state index contributed by atoms with van der Waals surface area (Å²) < 4.78 is 5.19. The predicted molar refractivity (Wildman–Crippen MR) is 46.7 cm³/mol. The van der Waals surface area contributed by atoms with Crippen molar-refractivity contribution in [3.8, 4) is 0 Å². The normalized spacial score (nSPS) is 12.9. The van der Waals surface area contributed by atoms with Crippen LogP contribution < -0.4 is 0 Å². The van der Waals surface area contributed by atoms with Gasteiger partial charge in [0.25, 0.3) is 0 Å². The maximum atomic E-state index is 5.88. The molecule has 0 aliphatic carbocycles. The Balaban J connectivity index is 2.61. The number of hydrogen-bond acceptors (Lipinski definition) is 1. The molecule has 0 heterocycles. The molecule has 11 heavy (non-hydrogen) atoms. The van der Waals surface area contributed by atoms with Crippen LogP contribution in [0.3, 0.4) is 0 Å². The second-order valence-corrected chi connectivity index (χ2v) is 2.58. The minimum absolute atomic E-state index is 0.304. The van der Waals surface area contributed by atoms with Crippen molar-refractivity contribution in [2.75, 3.05) is 6.61 Å². The standard InChI is InChI=1S/C9H11ClO/c1-2-11-9(10)8-6-4-3-5-7-8/h3-7,9H,2H2,1H3. The Kier molecular flexibility index (Phi) is 3.40. The average Bonchev–Trinajstić information content (AvgIpc) is 2.07. The fourth-order valence-electron chi connectivity index (χ4n) is 0.847. The Morgan fingerprint density at radius 3 is 2.55 bits per heavy atom. The minimum atomic E-state index is -0.304. The lowest BCUT2D eigenvalue weighted by atomic mass is 10.2. The highest BCUT2D eigenvalue weighted by molar-refractivity contribution is 6.19. The summed E-state index contributed by atoms with van der Waals surface area (Å²) in [5, 5.41) is 0. The molecule has 1 aromatic rings. The van der Waals surface area contributed by atoms with Crippen LogP contribution in [0.2, 0.25) is 0 Å². The Labute approximate surface area is 71.9 Å². The molecule has 0 aliphatic rings. The third-order valence-electron chi connectivity index (χ3n) is 1.37. The summed E-state index contributed by atoms with van der Waals surface area (Å²) in [7, 11) is 0. The number of rotatable bonds is 3. The lowest BCUT2D eigenvalue weighted by molar-refractivity contribution is 0.121. The molecular formula is C9H11ClO. The molecule has 0 saturated heterocycles. The summed E-state index contributed by atoms with van der Waals surface area (Å²) in [5.41, 5.74) is 0.706. The van der Waals surface area contributed by atoms with Gasteiger partial charge in [-0.05, 0) is 12.5 Å². The lowest BCUT2D eigenvalue weighted by Crippen LogP contribution is -1.95. The van der Waals surface area contributed by atoms with Gasteiger partial charge in [-0.2, -0.15) is 0 Å². The van der Waals surface area contributed by atoms with Crippen molar-refractivity contribution in [3.05, 3.63) is 35.9 Å². The fraction of sp³-hybridized carbons (Fsp3) is 0.333. The molecule has 0 aromatic heterocycles. The van der Waals surface area contributed by atoms with Crippen molar-refractivity contribution in [1.29, 1.82) is 0 Å². The zero-order chi connectivity index (χ0) is 8.10. The van der Waals surface area contributed by atoms with E-state index in [0.29, 0.717) is 6.61 Å². The van der Waals surface area contributed by atoms with Crippen LogP contribution in [-0.4, -0.2) is 6.61 Å². The Bertz CT molecular complexity index is 198. The van der Waals surface area contributed by atoms with E-state index in [1.165, 1.54) is 0 Å². The van der Waals surface area contributed by atoms with Crippen LogP contribution in [0.1, 0.15) is 18.1 Å². The van der Waals surface area contributed by atoms with Gasteiger partial charge in [0.05, 0.1) is 0 Å². The Hall–Kier alpha value is -0.530. The van der Waals surface area contributed by atoms with Gasteiger partial charge in [-0.1, -0.05) is 41.9 Å². The van der Waals surface area contributed by atoms with Crippen molar-refractivity contribution in [2.24, 2.45) is 0 Å². The van der Waals surface area contributed by atoms with Gasteiger partial charge in [0, 0.05) is 6.61 Å². The summed E-state index contributed by atoms with van der Waals surface area (Å²) in [5.74, 6) is 0. The monoisotopic (exact) mass is 170 g/mol. The molecule has 60 valence electrons. The number of hydrogen-bond donors (Lipinski definition) is 0. The fourth-order valence-corrected chi connectivity index (χ4v) is 1.12. The van der Waals surface area contributed by atoms with Crippen molar-refractivity contribution < 1.29 is 4.74 Å². The zero-order valence-corrected chi connectivity index (χ0v) is 7.21. The molecule has 0 radical (unpaired) electrons. The van der Waals surface area contributed by atoms with Crippen molar-refractivity contribution in [2.45, 2.75) is 12.5 Å². The van der Waals surface area contributed by atoms with Crippen LogP contribution >= 0.6 is 11.6 Å². The van der Waals surface area contributed by atoms with E-state index in [-0.39, 0.29) is 5.56 Å². The topological polar surface area (TPSA) is 9.23 Å². The van der Waals surface area contributed by atoms with Crippen molar-refractivity contribution in [3.63, 3.8) is 0 Å². The van der Waals surface area contributed by atoms with Gasteiger partial charge in [-0.25, -0.2) is 0 Å². The van der Waals surface area contributed by atoms with Gasteiger partial charge in [0.15, 0.2) is 5.56 Å². The van der Waals surface area contributed by atoms with Gasteiger partial charge >= 0.3 is 0 Å². The highest BCUT2D eigenvalue weighted by atomic mass is 35.5. The van der Waals surface area contributed by atoms with Crippen molar-refractivity contribution in [1.82, 2.24) is 0 Å². The second kappa shape index (κ2) is 4.37. The van der Waals surface area contributed by atoms with Gasteiger partial charge in [0.2, 0.25) is 0 Å². The van der Waals surface area contributed by atoms with Crippen LogP contribution in [0.15, 0.2) is 30.3 Å². The molecule has 0 bridgehead atoms. The molecule has 1 rings (SSSR count). The minimum Gasteiger partial charge on any atom is -0.359 e. The molecule has 0 amide bonds. The molecule has 0 spiro atoms. The molecule has 1 unspecified atom stereocenters. The van der Waals surface area contributed by atoms with Crippen LogP contribution in [-0.2, 0) is 4.74 Å². The van der Waals surface area contributed by atoms with Gasteiger partial charge in [-0.15, -0.1) is 0 Å². The first-order chi connectivity index (χ1) is 5.34. The first-order valence-corrected chi connectivity index (χ1v) is 4.09. The number of halogens is 1. The number of benzene rings is 1. The van der Waals surface area contributed by atoms with E-state index < -0.39 is 0 Å². The summed E-state index contributed by atoms with van der Waals surface area (Å²) in [6, 6.07) is 9.76. The molecule has 1 aromatic carbocycles. The highest BCUT2D eigenvalue weighted by Gasteiger charge is 2.04. The molecule has 0 fully saturated rings. The number of ether oxygens (including phenoxy) is 1. The third-order valence-corrected chi connectivity index (χ3v) is 1.75. The van der Waals surface area contributed by atoms with Crippen molar-refractivity contribution >= 4 is 11.6 Å². The predicted octanol–water partition coefficient (Wildman–Crippen LogP) is 2.96. The first-order valence-electron chi connectivity index (χ1n) is 3.65. The van der Waals surface area contributed by atoms with E-state index in [2.05, 4.69) is 0 Å². The van der Waals surface area contributed by atoms with Crippen LogP contribution in [0.5, 0.6) is 0 Å². The molecule has 2 heteroatoms. The van der Waals surface area contributed by atoms with Crippen LogP contribution in [0.4, 0.5) is 0 Å². The van der Waals surface area contributed by atoms with Gasteiger partial charge in [-0.3, -0.25) is 0 Å². The molecule has 0 N–H and O–H groups in total. The van der Waals surface area contributed by atoms with E-state index in [1.807, 2.05) is 37.3 Å². The molecular weight excluding hydrogens is 160 g/mol.